The molecule has 1 N–H and O–H groups in total. The van der Waals surface area contributed by atoms with Crippen LogP contribution in [0.5, 0.6) is 0 Å². The second-order valence-corrected chi connectivity index (χ2v) is 8.15. The molecule has 2 heterocycles. The number of hydrogen-bond acceptors (Lipinski definition) is 7. The molecule has 1 atom stereocenters. The van der Waals surface area contributed by atoms with Crippen molar-refractivity contribution in [2.45, 2.75) is 64.5 Å². The van der Waals surface area contributed by atoms with E-state index in [2.05, 4.69) is 10.5 Å². The average Bonchev–Trinajstić information content (AvgIpc) is 3.32. The van der Waals surface area contributed by atoms with Crippen LogP contribution in [0, 0.1) is 6.92 Å². The maximum atomic E-state index is 12.9. The Bertz CT molecular complexity index is 1070. The van der Waals surface area contributed by atoms with Crippen molar-refractivity contribution in [1.29, 1.82) is 0 Å². The molecule has 0 saturated heterocycles. The molecule has 9 heteroatoms. The zero-order valence-electron chi connectivity index (χ0n) is 18.1. The molecule has 1 aromatic heterocycles. The smallest absolute Gasteiger partial charge is 0.338 e. The first-order valence-electron chi connectivity index (χ1n) is 10.9. The zero-order valence-corrected chi connectivity index (χ0v) is 18.1. The maximum Gasteiger partial charge on any atom is 0.338 e. The number of carbonyl (C=O) groups is 4. The minimum Gasteiger partial charge on any atom is -0.449 e. The topological polar surface area (TPSA) is 119 Å². The molecule has 0 radical (unpaired) electrons. The van der Waals surface area contributed by atoms with Gasteiger partial charge < -0.3 is 14.6 Å². The minimum atomic E-state index is -1.05. The molecule has 1 saturated carbocycles. The number of fused-ring (bicyclic) bond motifs is 1. The van der Waals surface area contributed by atoms with Crippen molar-refractivity contribution in [3.8, 4) is 0 Å². The number of amides is 3. The van der Waals surface area contributed by atoms with Crippen molar-refractivity contribution in [3.63, 3.8) is 0 Å². The van der Waals surface area contributed by atoms with Gasteiger partial charge in [-0.1, -0.05) is 31.3 Å². The first-order chi connectivity index (χ1) is 15.4. The van der Waals surface area contributed by atoms with Gasteiger partial charge in [0.1, 0.15) is 5.76 Å². The fraction of sp³-hybridized carbons (Fsp3) is 0.435. The van der Waals surface area contributed by atoms with Crippen molar-refractivity contribution in [1.82, 2.24) is 10.1 Å². The molecule has 0 bridgehead atoms. The van der Waals surface area contributed by atoms with E-state index in [0.717, 1.165) is 32.1 Å². The van der Waals surface area contributed by atoms with Gasteiger partial charge in [0, 0.05) is 12.1 Å². The SMILES string of the molecule is CC[C@H](OC(=O)c1ccc2c(c1)C(=O)N(C1CCCCC1)C2=O)C(=O)Nc1cc(C)on1. The first kappa shape index (κ1) is 21.7. The normalized spacial score (nSPS) is 17.2. The monoisotopic (exact) mass is 439 g/mol. The van der Waals surface area contributed by atoms with Gasteiger partial charge in [-0.05, 0) is 44.4 Å². The molecule has 1 aliphatic carbocycles. The number of carbonyl (C=O) groups excluding carboxylic acids is 4. The third-order valence-corrected chi connectivity index (χ3v) is 5.89. The summed E-state index contributed by atoms with van der Waals surface area (Å²) in [5.74, 6) is -1.22. The van der Waals surface area contributed by atoms with E-state index in [-0.39, 0.29) is 41.2 Å². The highest BCUT2D eigenvalue weighted by atomic mass is 16.5. The Morgan fingerprint density at radius 1 is 1.16 bits per heavy atom. The molecule has 1 fully saturated rings. The summed E-state index contributed by atoms with van der Waals surface area (Å²) >= 11 is 0. The highest BCUT2D eigenvalue weighted by Gasteiger charge is 2.40. The third kappa shape index (κ3) is 4.15. The first-order valence-corrected chi connectivity index (χ1v) is 10.9. The Balaban J connectivity index is 1.47. The summed E-state index contributed by atoms with van der Waals surface area (Å²) in [6.07, 6.45) is 3.89. The number of nitrogens with one attached hydrogen (secondary N) is 1. The van der Waals surface area contributed by atoms with Crippen LogP contribution < -0.4 is 5.32 Å². The quantitative estimate of drug-likeness (QED) is 0.540. The van der Waals surface area contributed by atoms with E-state index in [0.29, 0.717) is 11.3 Å². The summed E-state index contributed by atoms with van der Waals surface area (Å²) in [4.78, 5) is 52.2. The number of anilines is 1. The van der Waals surface area contributed by atoms with Crippen LogP contribution >= 0.6 is 0 Å². The standard InChI is InChI=1S/C23H25N3O6/c1-3-18(20(27)24-19-11-13(2)32-25-19)31-23(30)14-9-10-16-17(12-14)22(29)26(21(16)28)15-7-5-4-6-8-15/h9-12,15,18H,3-8H2,1-2H3,(H,24,25,27)/t18-/m0/s1. The Morgan fingerprint density at radius 2 is 1.88 bits per heavy atom. The van der Waals surface area contributed by atoms with E-state index in [1.165, 1.54) is 23.1 Å². The second-order valence-electron chi connectivity index (χ2n) is 8.15. The van der Waals surface area contributed by atoms with Crippen molar-refractivity contribution in [2.75, 3.05) is 5.32 Å². The Hall–Kier alpha value is -3.49. The number of hydrogen-bond donors (Lipinski definition) is 1. The molecule has 0 spiro atoms. The van der Waals surface area contributed by atoms with E-state index in [1.54, 1.807) is 19.9 Å². The summed E-state index contributed by atoms with van der Waals surface area (Å²) in [7, 11) is 0. The van der Waals surface area contributed by atoms with Crippen LogP contribution in [0.25, 0.3) is 0 Å². The van der Waals surface area contributed by atoms with Crippen LogP contribution in [0.1, 0.15) is 82.3 Å². The van der Waals surface area contributed by atoms with Gasteiger partial charge in [0.2, 0.25) is 0 Å². The summed E-state index contributed by atoms with van der Waals surface area (Å²) < 4.78 is 10.3. The number of ether oxygens (including phenoxy) is 1. The second kappa shape index (κ2) is 8.94. The molecular formula is C23H25N3O6. The maximum absolute atomic E-state index is 12.9. The van der Waals surface area contributed by atoms with Crippen LogP contribution in [0.15, 0.2) is 28.8 Å². The summed E-state index contributed by atoms with van der Waals surface area (Å²) in [5, 5.41) is 6.23. The third-order valence-electron chi connectivity index (χ3n) is 5.89. The number of rotatable bonds is 6. The fourth-order valence-corrected chi connectivity index (χ4v) is 4.21. The van der Waals surface area contributed by atoms with Gasteiger partial charge in [-0.3, -0.25) is 19.3 Å². The molecule has 1 aromatic carbocycles. The van der Waals surface area contributed by atoms with Gasteiger partial charge >= 0.3 is 5.97 Å². The van der Waals surface area contributed by atoms with Crippen LogP contribution in [-0.2, 0) is 9.53 Å². The van der Waals surface area contributed by atoms with Gasteiger partial charge in [0.15, 0.2) is 11.9 Å². The minimum absolute atomic E-state index is 0.0973. The zero-order chi connectivity index (χ0) is 22.8. The number of nitrogens with zero attached hydrogens (tertiary/aromatic N) is 2. The highest BCUT2D eigenvalue weighted by molar-refractivity contribution is 6.22. The van der Waals surface area contributed by atoms with Gasteiger partial charge in [0.25, 0.3) is 17.7 Å². The van der Waals surface area contributed by atoms with Gasteiger partial charge in [-0.2, -0.15) is 0 Å². The predicted octanol–water partition coefficient (Wildman–Crippen LogP) is 3.49. The average molecular weight is 439 g/mol. The molecule has 2 aliphatic rings. The summed E-state index contributed by atoms with van der Waals surface area (Å²) in [5.41, 5.74) is 0.604. The van der Waals surface area contributed by atoms with Crippen LogP contribution in [0.4, 0.5) is 5.82 Å². The van der Waals surface area contributed by atoms with Crippen molar-refractivity contribution >= 4 is 29.5 Å². The molecule has 9 nitrogen and oxygen atoms in total. The highest BCUT2D eigenvalue weighted by Crippen LogP contribution is 2.31. The van der Waals surface area contributed by atoms with Gasteiger partial charge in [0.05, 0.1) is 16.7 Å². The molecule has 4 rings (SSSR count). The number of aromatic nitrogens is 1. The summed E-state index contributed by atoms with van der Waals surface area (Å²) in [6, 6.07) is 5.76. The lowest BCUT2D eigenvalue weighted by Crippen LogP contribution is -2.40. The lowest BCUT2D eigenvalue weighted by atomic mass is 9.94. The van der Waals surface area contributed by atoms with E-state index in [1.807, 2.05) is 0 Å². The molecule has 32 heavy (non-hydrogen) atoms. The Morgan fingerprint density at radius 3 is 2.53 bits per heavy atom. The Kier molecular flexibility index (Phi) is 6.07. The van der Waals surface area contributed by atoms with E-state index < -0.39 is 18.0 Å². The number of imide groups is 1. The van der Waals surface area contributed by atoms with Crippen LogP contribution in [-0.4, -0.2) is 45.9 Å². The van der Waals surface area contributed by atoms with Crippen molar-refractivity contribution in [3.05, 3.63) is 46.7 Å². The van der Waals surface area contributed by atoms with Gasteiger partial charge in [-0.15, -0.1) is 0 Å². The number of aryl methyl sites for hydroxylation is 1. The van der Waals surface area contributed by atoms with E-state index in [9.17, 15) is 19.2 Å². The lowest BCUT2D eigenvalue weighted by Gasteiger charge is -2.29. The molecule has 0 unspecified atom stereocenters. The van der Waals surface area contributed by atoms with Crippen LogP contribution in [0.3, 0.4) is 0 Å². The Labute approximate surface area is 185 Å². The fourth-order valence-electron chi connectivity index (χ4n) is 4.21. The van der Waals surface area contributed by atoms with Crippen LogP contribution in [0.2, 0.25) is 0 Å². The molecular weight excluding hydrogens is 414 g/mol. The summed E-state index contributed by atoms with van der Waals surface area (Å²) in [6.45, 7) is 3.40. The molecule has 3 amide bonds. The largest absolute Gasteiger partial charge is 0.449 e. The lowest BCUT2D eigenvalue weighted by molar-refractivity contribution is -0.124. The van der Waals surface area contributed by atoms with Crippen molar-refractivity contribution in [2.24, 2.45) is 0 Å². The predicted molar refractivity (Wildman–Crippen MR) is 113 cm³/mol. The van der Waals surface area contributed by atoms with Gasteiger partial charge in [-0.25, -0.2) is 4.79 Å². The van der Waals surface area contributed by atoms with Crippen molar-refractivity contribution < 1.29 is 28.4 Å². The number of benzene rings is 1. The van der Waals surface area contributed by atoms with E-state index >= 15 is 0 Å². The van der Waals surface area contributed by atoms with E-state index in [4.69, 9.17) is 9.26 Å². The number of esters is 1. The molecule has 168 valence electrons. The molecule has 2 aromatic rings. The molecule has 1 aliphatic heterocycles.